The Morgan fingerprint density at radius 2 is 1.58 bits per heavy atom. The second kappa shape index (κ2) is 11.7. The lowest BCUT2D eigenvalue weighted by molar-refractivity contribution is -0.143. The monoisotopic (exact) mass is 651 g/mol. The average Bonchev–Trinajstić information content (AvgIpc) is 3.32. The summed E-state index contributed by atoms with van der Waals surface area (Å²) in [5, 5.41) is 1.33. The molecule has 0 aromatic heterocycles. The predicted molar refractivity (Wildman–Crippen MR) is 148 cm³/mol. The van der Waals surface area contributed by atoms with E-state index in [0.29, 0.717) is 17.7 Å². The molecule has 0 aliphatic carbocycles. The Bertz CT molecular complexity index is 1490. The maximum atomic E-state index is 13.6. The number of amides is 2. The quantitative estimate of drug-likeness (QED) is 0.428. The van der Waals surface area contributed by atoms with Crippen LogP contribution in [0.4, 0.5) is 36.8 Å². The van der Waals surface area contributed by atoms with Gasteiger partial charge in [-0.3, -0.25) is 4.79 Å². The van der Waals surface area contributed by atoms with Gasteiger partial charge in [-0.05, 0) is 44.5 Å². The average molecular weight is 652 g/mol. The van der Waals surface area contributed by atoms with Crippen molar-refractivity contribution < 1.29 is 49.1 Å². The number of rotatable bonds is 5. The first-order chi connectivity index (χ1) is 19.7. The Morgan fingerprint density at radius 3 is 2.12 bits per heavy atom. The number of benzene rings is 2. The van der Waals surface area contributed by atoms with E-state index in [1.54, 1.807) is 51.1 Å². The summed E-state index contributed by atoms with van der Waals surface area (Å²) in [4.78, 5) is 31.0. The highest BCUT2D eigenvalue weighted by atomic mass is 32.2. The van der Waals surface area contributed by atoms with Gasteiger partial charge in [-0.1, -0.05) is 42.1 Å². The number of halogens is 6. The number of alkyl carbamates (subject to hydrolysis) is 1. The number of anilines is 1. The van der Waals surface area contributed by atoms with Crippen molar-refractivity contribution in [2.45, 2.75) is 62.5 Å². The van der Waals surface area contributed by atoms with Gasteiger partial charge >= 0.3 is 18.4 Å². The van der Waals surface area contributed by atoms with E-state index in [1.807, 2.05) is 0 Å². The molecule has 2 amide bonds. The number of ether oxygens (including phenoxy) is 1. The molecule has 0 spiro atoms. The number of thioether (sulfide) groups is 1. The Kier molecular flexibility index (Phi) is 8.86. The lowest BCUT2D eigenvalue weighted by atomic mass is 10.1. The van der Waals surface area contributed by atoms with Crippen molar-refractivity contribution in [2.75, 3.05) is 16.4 Å². The van der Waals surface area contributed by atoms with Gasteiger partial charge in [0.2, 0.25) is 0 Å². The van der Waals surface area contributed by atoms with E-state index in [9.17, 15) is 44.3 Å². The fourth-order valence-corrected chi connectivity index (χ4v) is 8.54. The van der Waals surface area contributed by atoms with Crippen LogP contribution in [0.3, 0.4) is 0 Å². The lowest BCUT2D eigenvalue weighted by Gasteiger charge is -2.27. The summed E-state index contributed by atoms with van der Waals surface area (Å²) in [6, 6.07) is 6.93. The minimum absolute atomic E-state index is 0.0435. The molecule has 0 radical (unpaired) electrons. The number of sulfone groups is 1. The molecular formula is C27H27F6N3O5S2. The molecule has 3 atom stereocenters. The van der Waals surface area contributed by atoms with Gasteiger partial charge in [-0.2, -0.15) is 31.3 Å². The van der Waals surface area contributed by atoms with Crippen LogP contribution in [0.15, 0.2) is 53.5 Å². The van der Waals surface area contributed by atoms with Gasteiger partial charge in [0.1, 0.15) is 11.6 Å². The van der Waals surface area contributed by atoms with Crippen LogP contribution >= 0.6 is 11.8 Å². The van der Waals surface area contributed by atoms with Gasteiger partial charge in [-0.25, -0.2) is 13.2 Å². The van der Waals surface area contributed by atoms with Crippen LogP contribution in [0.5, 0.6) is 0 Å². The number of fused-ring (bicyclic) bond motifs is 1. The Labute approximate surface area is 247 Å². The summed E-state index contributed by atoms with van der Waals surface area (Å²) in [6.45, 7) is 4.81. The molecule has 43 heavy (non-hydrogen) atoms. The minimum atomic E-state index is -5.16. The van der Waals surface area contributed by atoms with Crippen LogP contribution in [0.2, 0.25) is 0 Å². The smallest absolute Gasteiger partial charge is 0.416 e. The van der Waals surface area contributed by atoms with Crippen molar-refractivity contribution in [1.29, 1.82) is 0 Å². The molecule has 2 heterocycles. The molecule has 234 valence electrons. The highest BCUT2D eigenvalue weighted by molar-refractivity contribution is 8.16. The third-order valence-corrected chi connectivity index (χ3v) is 9.60. The fourth-order valence-electron chi connectivity index (χ4n) is 4.62. The van der Waals surface area contributed by atoms with Crippen molar-refractivity contribution in [3.8, 4) is 0 Å². The standard InChI is InChI=1S/C27H27F6N3O5S2/c1-25(2,3)41-24(38)34-19(9-15-7-5-4-6-8-15)22(37)35-23-36(20-13-43(39,40)14-21(20)42-23)18-11-16(26(28,29)30)10-17(12-18)27(31,32)33/h4-8,10-12,19-21H,9,13-14H2,1-3H3,(H,34,38)/t19-,20-,21-/m1/s1. The molecule has 2 aliphatic heterocycles. The first-order valence-electron chi connectivity index (χ1n) is 12.8. The van der Waals surface area contributed by atoms with Gasteiger partial charge in [0.05, 0.1) is 28.7 Å². The molecule has 0 bridgehead atoms. The predicted octanol–water partition coefficient (Wildman–Crippen LogP) is 5.46. The van der Waals surface area contributed by atoms with Crippen molar-refractivity contribution in [1.82, 2.24) is 5.32 Å². The van der Waals surface area contributed by atoms with Crippen molar-refractivity contribution in [2.24, 2.45) is 4.99 Å². The van der Waals surface area contributed by atoms with E-state index in [4.69, 9.17) is 4.74 Å². The number of aliphatic imine (C=N–C) groups is 1. The molecule has 2 aliphatic rings. The van der Waals surface area contributed by atoms with Crippen molar-refractivity contribution >= 4 is 44.5 Å². The molecular weight excluding hydrogens is 624 g/mol. The lowest BCUT2D eigenvalue weighted by Crippen LogP contribution is -2.45. The first kappa shape index (κ1) is 32.6. The maximum Gasteiger partial charge on any atom is 0.416 e. The van der Waals surface area contributed by atoms with Crippen LogP contribution < -0.4 is 10.2 Å². The highest BCUT2D eigenvalue weighted by Gasteiger charge is 2.50. The number of carbonyl (C=O) groups excluding carboxylic acids is 2. The van der Waals surface area contributed by atoms with Crippen LogP contribution in [0, 0.1) is 0 Å². The number of nitrogens with one attached hydrogen (secondary N) is 1. The highest BCUT2D eigenvalue weighted by Crippen LogP contribution is 2.44. The van der Waals surface area contributed by atoms with Crippen LogP contribution in [0.25, 0.3) is 0 Å². The first-order valence-corrected chi connectivity index (χ1v) is 15.5. The van der Waals surface area contributed by atoms with E-state index in [1.165, 1.54) is 0 Å². The molecule has 0 unspecified atom stereocenters. The van der Waals surface area contributed by atoms with Gasteiger partial charge in [0.25, 0.3) is 5.91 Å². The van der Waals surface area contributed by atoms with Crippen LogP contribution in [0.1, 0.15) is 37.5 Å². The molecule has 2 aromatic rings. The Morgan fingerprint density at radius 1 is 1.00 bits per heavy atom. The number of hydrogen-bond donors (Lipinski definition) is 1. The van der Waals surface area contributed by atoms with Crippen LogP contribution in [-0.4, -0.2) is 60.0 Å². The molecule has 16 heteroatoms. The van der Waals surface area contributed by atoms with Gasteiger partial charge in [0, 0.05) is 17.4 Å². The summed E-state index contributed by atoms with van der Waals surface area (Å²) < 4.78 is 112. The minimum Gasteiger partial charge on any atom is -0.444 e. The third kappa shape index (κ3) is 8.22. The second-order valence-corrected chi connectivity index (χ2v) is 14.4. The van der Waals surface area contributed by atoms with Crippen LogP contribution in [-0.2, 0) is 38.1 Å². The van der Waals surface area contributed by atoms with Gasteiger partial charge < -0.3 is 15.0 Å². The zero-order valence-electron chi connectivity index (χ0n) is 23.0. The molecule has 2 fully saturated rings. The summed E-state index contributed by atoms with van der Waals surface area (Å²) in [5.74, 6) is -1.95. The van der Waals surface area contributed by atoms with Gasteiger partial charge in [-0.15, -0.1) is 0 Å². The Hall–Kier alpha value is -3.27. The summed E-state index contributed by atoms with van der Waals surface area (Å²) in [5.41, 5.74) is -4.14. The summed E-state index contributed by atoms with van der Waals surface area (Å²) in [7, 11) is -3.69. The molecule has 2 aromatic carbocycles. The molecule has 2 saturated heterocycles. The largest absolute Gasteiger partial charge is 0.444 e. The van der Waals surface area contributed by atoms with E-state index in [-0.39, 0.29) is 17.7 Å². The Balaban J connectivity index is 1.78. The molecule has 4 rings (SSSR count). The van der Waals surface area contributed by atoms with Gasteiger partial charge in [0.15, 0.2) is 15.0 Å². The fraction of sp³-hybridized carbons (Fsp3) is 0.444. The zero-order valence-corrected chi connectivity index (χ0v) is 24.6. The molecule has 8 nitrogen and oxygen atoms in total. The van der Waals surface area contributed by atoms with Crippen molar-refractivity contribution in [3.05, 3.63) is 65.2 Å². The van der Waals surface area contributed by atoms with Crippen molar-refractivity contribution in [3.63, 3.8) is 0 Å². The number of amidine groups is 1. The molecule has 0 saturated carbocycles. The summed E-state index contributed by atoms with van der Waals surface area (Å²) in [6.07, 6.45) is -11.3. The van der Waals surface area contributed by atoms with E-state index < -0.39 is 85.4 Å². The maximum absolute atomic E-state index is 13.6. The zero-order chi connectivity index (χ0) is 32.0. The SMILES string of the molecule is CC(C)(C)OC(=O)N[C@H](Cc1ccccc1)C(=O)N=C1S[C@@H]2CS(=O)(=O)C[C@H]2N1c1cc(C(F)(F)F)cc(C(F)(F)F)c1. The third-order valence-electron chi connectivity index (χ3n) is 6.39. The van der Waals surface area contributed by atoms with E-state index in [0.717, 1.165) is 16.7 Å². The number of carbonyl (C=O) groups is 2. The summed E-state index contributed by atoms with van der Waals surface area (Å²) >= 11 is 0.764. The second-order valence-electron chi connectivity index (χ2n) is 11.1. The van der Waals surface area contributed by atoms with E-state index >= 15 is 0 Å². The number of hydrogen-bond acceptors (Lipinski definition) is 6. The number of nitrogens with zero attached hydrogens (tertiary/aromatic N) is 2. The molecule has 1 N–H and O–H groups in total. The normalized spacial score (nSPS) is 21.9. The topological polar surface area (TPSA) is 105 Å². The number of alkyl halides is 6. The van der Waals surface area contributed by atoms with E-state index in [2.05, 4.69) is 10.3 Å².